The Bertz CT molecular complexity index is 1030. The molecule has 112 valence electrons. The van der Waals surface area contributed by atoms with Crippen LogP contribution in [-0.2, 0) is 0 Å². The molecule has 6 nitrogen and oxygen atoms in total. The number of para-hydroxylation sites is 1. The van der Waals surface area contributed by atoms with E-state index in [2.05, 4.69) is 0 Å². The summed E-state index contributed by atoms with van der Waals surface area (Å²) in [5, 5.41) is 20.6. The van der Waals surface area contributed by atoms with Crippen molar-refractivity contribution in [2.45, 2.75) is 0 Å². The van der Waals surface area contributed by atoms with Gasteiger partial charge in [-0.05, 0) is 18.2 Å². The van der Waals surface area contributed by atoms with Crippen LogP contribution in [0.25, 0.3) is 16.6 Å². The van der Waals surface area contributed by atoms with Gasteiger partial charge in [0.1, 0.15) is 11.6 Å². The lowest BCUT2D eigenvalue weighted by molar-refractivity contribution is -0.384. The normalized spacial score (nSPS) is 10.4. The van der Waals surface area contributed by atoms with E-state index >= 15 is 0 Å². The average molecular weight is 326 g/mol. The summed E-state index contributed by atoms with van der Waals surface area (Å²) >= 11 is 6.15. The maximum atomic E-state index is 12.6. The minimum absolute atomic E-state index is 0.0828. The molecule has 23 heavy (non-hydrogen) atoms. The van der Waals surface area contributed by atoms with E-state index in [1.165, 1.54) is 28.8 Å². The predicted octanol–water partition coefficient (Wildman–Crippen LogP) is 3.42. The molecule has 2 aromatic carbocycles. The fourth-order valence-corrected chi connectivity index (χ4v) is 2.66. The Kier molecular flexibility index (Phi) is 3.56. The monoisotopic (exact) mass is 325 g/mol. The van der Waals surface area contributed by atoms with E-state index in [4.69, 9.17) is 11.6 Å². The lowest BCUT2D eigenvalue weighted by Gasteiger charge is -2.12. The fourth-order valence-electron chi connectivity index (χ4n) is 2.38. The van der Waals surface area contributed by atoms with Gasteiger partial charge in [-0.1, -0.05) is 29.8 Å². The third-order valence-electron chi connectivity index (χ3n) is 3.45. The number of halogens is 1. The summed E-state index contributed by atoms with van der Waals surface area (Å²) in [5.74, 6) is 0. The van der Waals surface area contributed by atoms with E-state index in [-0.39, 0.29) is 16.3 Å². The van der Waals surface area contributed by atoms with E-state index in [1.807, 2.05) is 6.07 Å². The molecule has 0 aliphatic heterocycles. The van der Waals surface area contributed by atoms with Crippen molar-refractivity contribution >= 4 is 28.2 Å². The standard InChI is InChI=1S/C16H8ClN3O3/c17-15-12-3-1-2-4-14(12)19(16(21)13(15)9-18)10-5-7-11(8-6-10)20(22)23/h1-8H. The van der Waals surface area contributed by atoms with Gasteiger partial charge in [-0.25, -0.2) is 0 Å². The molecule has 7 heteroatoms. The molecule has 0 spiro atoms. The summed E-state index contributed by atoms with van der Waals surface area (Å²) in [7, 11) is 0. The molecule has 0 fully saturated rings. The predicted molar refractivity (Wildman–Crippen MR) is 85.9 cm³/mol. The zero-order chi connectivity index (χ0) is 16.6. The van der Waals surface area contributed by atoms with Crippen LogP contribution in [0.1, 0.15) is 5.56 Å². The molecular weight excluding hydrogens is 318 g/mol. The van der Waals surface area contributed by atoms with Crippen LogP contribution >= 0.6 is 11.6 Å². The third kappa shape index (κ3) is 2.33. The summed E-state index contributed by atoms with van der Waals surface area (Å²) in [6.07, 6.45) is 0. The molecule has 0 aliphatic carbocycles. The molecule has 0 saturated carbocycles. The van der Waals surface area contributed by atoms with Crippen molar-refractivity contribution in [2.75, 3.05) is 0 Å². The van der Waals surface area contributed by atoms with E-state index in [9.17, 15) is 20.2 Å². The van der Waals surface area contributed by atoms with Crippen LogP contribution in [0.2, 0.25) is 5.02 Å². The minimum Gasteiger partial charge on any atom is -0.276 e. The number of nitro groups is 1. The van der Waals surface area contributed by atoms with Gasteiger partial charge >= 0.3 is 0 Å². The summed E-state index contributed by atoms with van der Waals surface area (Å²) < 4.78 is 1.32. The van der Waals surface area contributed by atoms with Crippen molar-refractivity contribution in [1.82, 2.24) is 4.57 Å². The summed E-state index contributed by atoms with van der Waals surface area (Å²) in [6, 6.07) is 14.2. The number of hydrogen-bond acceptors (Lipinski definition) is 4. The zero-order valence-electron chi connectivity index (χ0n) is 11.6. The van der Waals surface area contributed by atoms with Crippen LogP contribution in [0.15, 0.2) is 53.3 Å². The SMILES string of the molecule is N#Cc1c(Cl)c2ccccc2n(-c2ccc([N+](=O)[O-])cc2)c1=O. The highest BCUT2D eigenvalue weighted by Gasteiger charge is 2.16. The third-order valence-corrected chi connectivity index (χ3v) is 3.84. The molecule has 0 radical (unpaired) electrons. The van der Waals surface area contributed by atoms with Crippen LogP contribution in [0.3, 0.4) is 0 Å². The first kappa shape index (κ1) is 14.8. The molecule has 0 atom stereocenters. The van der Waals surface area contributed by atoms with Gasteiger partial charge in [0.05, 0.1) is 15.5 Å². The van der Waals surface area contributed by atoms with Crippen LogP contribution in [-0.4, -0.2) is 9.49 Å². The molecule has 3 aromatic rings. The van der Waals surface area contributed by atoms with Crippen molar-refractivity contribution in [3.63, 3.8) is 0 Å². The quantitative estimate of drug-likeness (QED) is 0.533. The lowest BCUT2D eigenvalue weighted by Crippen LogP contribution is -2.22. The van der Waals surface area contributed by atoms with Gasteiger partial charge in [0, 0.05) is 23.2 Å². The van der Waals surface area contributed by atoms with Gasteiger partial charge in [0.15, 0.2) is 0 Å². The maximum Gasteiger partial charge on any atom is 0.275 e. The molecule has 3 rings (SSSR count). The Morgan fingerprint density at radius 2 is 1.78 bits per heavy atom. The van der Waals surface area contributed by atoms with Gasteiger partial charge in [0.25, 0.3) is 11.2 Å². The van der Waals surface area contributed by atoms with Crippen LogP contribution in [0.5, 0.6) is 0 Å². The number of aromatic nitrogens is 1. The van der Waals surface area contributed by atoms with E-state index in [1.54, 1.807) is 24.3 Å². The number of hydrogen-bond donors (Lipinski definition) is 0. The van der Waals surface area contributed by atoms with Gasteiger partial charge < -0.3 is 0 Å². The largest absolute Gasteiger partial charge is 0.276 e. The molecule has 0 bridgehead atoms. The van der Waals surface area contributed by atoms with Gasteiger partial charge in [-0.2, -0.15) is 5.26 Å². The van der Waals surface area contributed by atoms with Crippen LogP contribution in [0, 0.1) is 21.4 Å². The lowest BCUT2D eigenvalue weighted by atomic mass is 10.1. The summed E-state index contributed by atoms with van der Waals surface area (Å²) in [5.41, 5.74) is 0.134. The van der Waals surface area contributed by atoms with Crippen LogP contribution in [0.4, 0.5) is 5.69 Å². The number of pyridine rings is 1. The van der Waals surface area contributed by atoms with Crippen LogP contribution < -0.4 is 5.56 Å². The smallest absolute Gasteiger partial charge is 0.275 e. The highest BCUT2D eigenvalue weighted by Crippen LogP contribution is 2.26. The number of benzene rings is 2. The summed E-state index contributed by atoms with van der Waals surface area (Å²) in [6.45, 7) is 0. The number of rotatable bonds is 2. The maximum absolute atomic E-state index is 12.6. The fraction of sp³-hybridized carbons (Fsp3) is 0. The Labute approximate surface area is 134 Å². The first-order chi connectivity index (χ1) is 11.0. The second kappa shape index (κ2) is 5.55. The second-order valence-electron chi connectivity index (χ2n) is 4.73. The van der Waals surface area contributed by atoms with Crippen molar-refractivity contribution in [3.8, 4) is 11.8 Å². The molecule has 0 aliphatic rings. The second-order valence-corrected chi connectivity index (χ2v) is 5.11. The molecule has 0 saturated heterocycles. The van der Waals surface area contributed by atoms with Crippen molar-refractivity contribution < 1.29 is 4.92 Å². The number of fused-ring (bicyclic) bond motifs is 1. The van der Waals surface area contributed by atoms with Gasteiger partial charge in [-0.15, -0.1) is 0 Å². The molecule has 1 aromatic heterocycles. The number of non-ortho nitro benzene ring substituents is 1. The molecule has 0 N–H and O–H groups in total. The Morgan fingerprint density at radius 3 is 2.39 bits per heavy atom. The summed E-state index contributed by atoms with van der Waals surface area (Å²) in [4.78, 5) is 22.8. The molecule has 0 unspecified atom stereocenters. The Balaban J connectivity index is 2.39. The first-order valence-corrected chi connectivity index (χ1v) is 6.90. The number of nitrogens with zero attached hydrogens (tertiary/aromatic N) is 3. The van der Waals surface area contributed by atoms with Crippen molar-refractivity contribution in [1.29, 1.82) is 5.26 Å². The number of nitriles is 1. The van der Waals surface area contributed by atoms with E-state index < -0.39 is 10.5 Å². The molecule has 1 heterocycles. The number of nitro benzene ring substituents is 1. The minimum atomic E-state index is -0.565. The highest BCUT2D eigenvalue weighted by atomic mass is 35.5. The van der Waals surface area contributed by atoms with Crippen molar-refractivity contribution in [3.05, 3.63) is 79.6 Å². The van der Waals surface area contributed by atoms with E-state index in [0.29, 0.717) is 16.6 Å². The van der Waals surface area contributed by atoms with Gasteiger partial charge in [0.2, 0.25) is 0 Å². The Morgan fingerprint density at radius 1 is 1.13 bits per heavy atom. The van der Waals surface area contributed by atoms with E-state index in [0.717, 1.165) is 0 Å². The first-order valence-electron chi connectivity index (χ1n) is 6.53. The van der Waals surface area contributed by atoms with Crippen molar-refractivity contribution in [2.24, 2.45) is 0 Å². The molecular formula is C16H8ClN3O3. The highest BCUT2D eigenvalue weighted by molar-refractivity contribution is 6.36. The zero-order valence-corrected chi connectivity index (χ0v) is 12.3. The molecule has 0 amide bonds. The Hall–Kier alpha value is -3.17. The van der Waals surface area contributed by atoms with Gasteiger partial charge in [-0.3, -0.25) is 19.5 Å². The average Bonchev–Trinajstić information content (AvgIpc) is 2.56. The topological polar surface area (TPSA) is 88.9 Å².